The molecular formula is C20H23N3O2. The Kier molecular flexibility index (Phi) is 4.40. The highest BCUT2D eigenvalue weighted by molar-refractivity contribution is 5.45. The molecule has 1 saturated heterocycles. The molecule has 0 N–H and O–H groups in total. The minimum Gasteiger partial charge on any atom is -0.456 e. The molecule has 1 aliphatic rings. The van der Waals surface area contributed by atoms with Gasteiger partial charge in [0.2, 0.25) is 0 Å². The normalized spacial score (nSPS) is 18.6. The van der Waals surface area contributed by atoms with E-state index in [1.807, 2.05) is 38.2 Å². The quantitative estimate of drug-likeness (QED) is 0.692. The minimum atomic E-state index is 0.348. The molecule has 1 atom stereocenters. The van der Waals surface area contributed by atoms with Crippen LogP contribution < -0.4 is 0 Å². The predicted octanol–water partition coefficient (Wildman–Crippen LogP) is 4.67. The zero-order valence-electron chi connectivity index (χ0n) is 14.7. The maximum absolute atomic E-state index is 5.85. The second-order valence-electron chi connectivity index (χ2n) is 6.67. The van der Waals surface area contributed by atoms with E-state index in [2.05, 4.69) is 22.0 Å². The summed E-state index contributed by atoms with van der Waals surface area (Å²) in [6.45, 7) is 5.73. The fourth-order valence-corrected chi connectivity index (χ4v) is 3.51. The number of rotatable bonds is 4. The monoisotopic (exact) mass is 337 g/mol. The summed E-state index contributed by atoms with van der Waals surface area (Å²) in [5, 5.41) is 0. The summed E-state index contributed by atoms with van der Waals surface area (Å²) >= 11 is 0. The summed E-state index contributed by atoms with van der Waals surface area (Å²) < 4.78 is 11.5. The van der Waals surface area contributed by atoms with Gasteiger partial charge in [-0.1, -0.05) is 12.5 Å². The summed E-state index contributed by atoms with van der Waals surface area (Å²) in [6.07, 6.45) is 5.47. The Morgan fingerprint density at radius 3 is 2.80 bits per heavy atom. The van der Waals surface area contributed by atoms with Crippen molar-refractivity contribution in [2.24, 2.45) is 0 Å². The largest absolute Gasteiger partial charge is 0.456 e. The van der Waals surface area contributed by atoms with Crippen LogP contribution >= 0.6 is 0 Å². The maximum Gasteiger partial charge on any atom is 0.263 e. The number of hydrogen-bond acceptors (Lipinski definition) is 5. The van der Waals surface area contributed by atoms with E-state index in [-0.39, 0.29) is 0 Å². The SMILES string of the molecule is Cc1ccc(-c2nc(CN3CCCC[C@@H]3c3ccccn3)c(C)o2)o1. The van der Waals surface area contributed by atoms with Crippen LogP contribution in [0.4, 0.5) is 0 Å². The van der Waals surface area contributed by atoms with Crippen molar-refractivity contribution in [2.75, 3.05) is 6.54 Å². The summed E-state index contributed by atoms with van der Waals surface area (Å²) in [5.74, 6) is 2.96. The Bertz CT molecular complexity index is 838. The third-order valence-electron chi connectivity index (χ3n) is 4.84. The van der Waals surface area contributed by atoms with Gasteiger partial charge in [-0.2, -0.15) is 0 Å². The summed E-state index contributed by atoms with van der Waals surface area (Å²) in [6, 6.07) is 10.3. The van der Waals surface area contributed by atoms with E-state index in [1.165, 1.54) is 12.8 Å². The van der Waals surface area contributed by atoms with E-state index in [0.29, 0.717) is 17.7 Å². The lowest BCUT2D eigenvalue weighted by atomic mass is 9.98. The maximum atomic E-state index is 5.85. The molecule has 0 amide bonds. The highest BCUT2D eigenvalue weighted by Gasteiger charge is 2.27. The molecule has 0 aliphatic carbocycles. The van der Waals surface area contributed by atoms with E-state index in [4.69, 9.17) is 13.8 Å². The van der Waals surface area contributed by atoms with Crippen LogP contribution in [0.1, 0.15) is 48.2 Å². The van der Waals surface area contributed by atoms with Gasteiger partial charge < -0.3 is 8.83 Å². The lowest BCUT2D eigenvalue weighted by Crippen LogP contribution is -2.33. The number of aryl methyl sites for hydroxylation is 2. The summed E-state index contributed by atoms with van der Waals surface area (Å²) in [7, 11) is 0. The third kappa shape index (κ3) is 3.37. The lowest BCUT2D eigenvalue weighted by molar-refractivity contribution is 0.135. The zero-order valence-corrected chi connectivity index (χ0v) is 14.7. The van der Waals surface area contributed by atoms with Crippen LogP contribution in [0.2, 0.25) is 0 Å². The number of nitrogens with zero attached hydrogens (tertiary/aromatic N) is 3. The van der Waals surface area contributed by atoms with E-state index in [9.17, 15) is 0 Å². The summed E-state index contributed by atoms with van der Waals surface area (Å²) in [5.41, 5.74) is 2.12. The van der Waals surface area contributed by atoms with Gasteiger partial charge >= 0.3 is 0 Å². The van der Waals surface area contributed by atoms with Crippen LogP contribution in [0.5, 0.6) is 0 Å². The first-order valence-corrected chi connectivity index (χ1v) is 8.89. The van der Waals surface area contributed by atoms with E-state index in [0.717, 1.165) is 42.4 Å². The average Bonchev–Trinajstić information content (AvgIpc) is 3.22. The molecule has 3 aromatic rings. The highest BCUT2D eigenvalue weighted by Crippen LogP contribution is 2.32. The van der Waals surface area contributed by atoms with Crippen LogP contribution in [0.25, 0.3) is 11.7 Å². The van der Waals surface area contributed by atoms with E-state index < -0.39 is 0 Å². The second kappa shape index (κ2) is 6.84. The molecule has 0 spiro atoms. The zero-order chi connectivity index (χ0) is 17.2. The molecule has 4 heterocycles. The molecule has 3 aromatic heterocycles. The topological polar surface area (TPSA) is 55.3 Å². The number of pyridine rings is 1. The van der Waals surface area contributed by atoms with Crippen LogP contribution in [-0.4, -0.2) is 21.4 Å². The van der Waals surface area contributed by atoms with Crippen molar-refractivity contribution in [3.8, 4) is 11.7 Å². The molecule has 25 heavy (non-hydrogen) atoms. The molecule has 5 heteroatoms. The van der Waals surface area contributed by atoms with Gasteiger partial charge in [0.15, 0.2) is 5.76 Å². The number of aromatic nitrogens is 2. The van der Waals surface area contributed by atoms with Crippen LogP contribution in [-0.2, 0) is 6.54 Å². The van der Waals surface area contributed by atoms with Gasteiger partial charge in [0, 0.05) is 12.7 Å². The Balaban J connectivity index is 1.57. The number of oxazole rings is 1. The molecule has 130 valence electrons. The number of piperidine rings is 1. The van der Waals surface area contributed by atoms with E-state index >= 15 is 0 Å². The van der Waals surface area contributed by atoms with Gasteiger partial charge in [-0.3, -0.25) is 9.88 Å². The Labute approximate surface area is 147 Å². The molecule has 5 nitrogen and oxygen atoms in total. The minimum absolute atomic E-state index is 0.348. The standard InChI is InChI=1S/C20H23N3O2/c1-14-9-10-19(24-14)20-22-17(15(2)25-20)13-23-12-6-4-8-18(23)16-7-3-5-11-21-16/h3,5,7,9-11,18H,4,6,8,12-13H2,1-2H3/t18-/m1/s1. The lowest BCUT2D eigenvalue weighted by Gasteiger charge is -2.34. The van der Waals surface area contributed by atoms with Gasteiger partial charge in [-0.05, 0) is 57.5 Å². The molecule has 4 rings (SSSR count). The third-order valence-corrected chi connectivity index (χ3v) is 4.84. The highest BCUT2D eigenvalue weighted by atomic mass is 16.4. The van der Waals surface area contributed by atoms with Crippen molar-refractivity contribution in [1.82, 2.24) is 14.9 Å². The second-order valence-corrected chi connectivity index (χ2v) is 6.67. The Morgan fingerprint density at radius 1 is 1.12 bits per heavy atom. The predicted molar refractivity (Wildman–Crippen MR) is 94.9 cm³/mol. The molecule has 0 unspecified atom stereocenters. The first kappa shape index (κ1) is 16.1. The molecule has 0 radical (unpaired) electrons. The van der Waals surface area contributed by atoms with Crippen LogP contribution in [0.15, 0.2) is 45.4 Å². The van der Waals surface area contributed by atoms with Gasteiger partial charge in [0.1, 0.15) is 11.5 Å². The fourth-order valence-electron chi connectivity index (χ4n) is 3.51. The number of likely N-dealkylation sites (tertiary alicyclic amines) is 1. The molecule has 1 aliphatic heterocycles. The average molecular weight is 337 g/mol. The van der Waals surface area contributed by atoms with Gasteiger partial charge in [-0.25, -0.2) is 4.98 Å². The van der Waals surface area contributed by atoms with E-state index in [1.54, 1.807) is 0 Å². The molecular weight excluding hydrogens is 314 g/mol. The van der Waals surface area contributed by atoms with Gasteiger partial charge in [0.05, 0.1) is 17.4 Å². The molecule has 1 fully saturated rings. The first-order valence-electron chi connectivity index (χ1n) is 8.89. The molecule has 0 aromatic carbocycles. The Morgan fingerprint density at radius 2 is 2.04 bits per heavy atom. The van der Waals surface area contributed by atoms with Crippen LogP contribution in [0, 0.1) is 13.8 Å². The van der Waals surface area contributed by atoms with Crippen molar-refractivity contribution in [2.45, 2.75) is 45.7 Å². The van der Waals surface area contributed by atoms with Gasteiger partial charge in [0.25, 0.3) is 5.89 Å². The first-order chi connectivity index (χ1) is 12.2. The molecule has 0 saturated carbocycles. The van der Waals surface area contributed by atoms with Gasteiger partial charge in [-0.15, -0.1) is 0 Å². The Hall–Kier alpha value is -2.40. The fraction of sp³-hybridized carbons (Fsp3) is 0.400. The smallest absolute Gasteiger partial charge is 0.263 e. The number of hydrogen-bond donors (Lipinski definition) is 0. The van der Waals surface area contributed by atoms with Crippen molar-refractivity contribution in [3.05, 3.63) is 59.4 Å². The number of furan rings is 1. The summed E-state index contributed by atoms with van der Waals surface area (Å²) in [4.78, 5) is 11.7. The van der Waals surface area contributed by atoms with Crippen molar-refractivity contribution >= 4 is 0 Å². The van der Waals surface area contributed by atoms with Crippen molar-refractivity contribution in [1.29, 1.82) is 0 Å². The van der Waals surface area contributed by atoms with Crippen molar-refractivity contribution in [3.63, 3.8) is 0 Å². The van der Waals surface area contributed by atoms with Crippen LogP contribution in [0.3, 0.4) is 0 Å². The molecule has 0 bridgehead atoms. The van der Waals surface area contributed by atoms with Crippen molar-refractivity contribution < 1.29 is 8.83 Å².